The zero-order valence-corrected chi connectivity index (χ0v) is 10.9. The fourth-order valence-corrected chi connectivity index (χ4v) is 3.07. The Balaban J connectivity index is 0.00000120. The summed E-state index contributed by atoms with van der Waals surface area (Å²) in [7, 11) is 0. The van der Waals surface area contributed by atoms with Gasteiger partial charge in [-0.2, -0.15) is 13.2 Å². The summed E-state index contributed by atoms with van der Waals surface area (Å²) in [5.41, 5.74) is -0.0160. The second kappa shape index (κ2) is 4.29. The number of halogens is 5. The van der Waals surface area contributed by atoms with Crippen molar-refractivity contribution in [2.45, 2.75) is 18.0 Å². The minimum atomic E-state index is -4.37. The van der Waals surface area contributed by atoms with Gasteiger partial charge in [-0.1, -0.05) is 17.7 Å². The smallest absolute Gasteiger partial charge is 0.316 e. The van der Waals surface area contributed by atoms with Crippen molar-refractivity contribution >= 4 is 24.0 Å². The Hall–Kier alpha value is -0.450. The highest BCUT2D eigenvalue weighted by atomic mass is 35.5. The lowest BCUT2D eigenvalue weighted by Gasteiger charge is -2.16. The number of fused-ring (bicyclic) bond motifs is 1. The van der Waals surface area contributed by atoms with E-state index in [1.807, 2.05) is 0 Å². The molecule has 1 aromatic carbocycles. The van der Waals surface area contributed by atoms with Crippen LogP contribution in [-0.2, 0) is 11.6 Å². The SMILES string of the molecule is Cl.FC(F)(F)c1cc([C@@]23CNC[C@@H]2C3)ccc1Cl. The third kappa shape index (κ3) is 2.00. The van der Waals surface area contributed by atoms with Crippen LogP contribution in [-0.4, -0.2) is 13.1 Å². The van der Waals surface area contributed by atoms with Crippen LogP contribution < -0.4 is 5.32 Å². The minimum Gasteiger partial charge on any atom is -0.316 e. The first-order valence-corrected chi connectivity index (χ1v) is 5.89. The molecule has 1 aliphatic carbocycles. The van der Waals surface area contributed by atoms with Crippen LogP contribution in [0.25, 0.3) is 0 Å². The van der Waals surface area contributed by atoms with E-state index in [2.05, 4.69) is 5.32 Å². The summed E-state index contributed by atoms with van der Waals surface area (Å²) in [6.45, 7) is 1.68. The van der Waals surface area contributed by atoms with Crippen molar-refractivity contribution in [3.05, 3.63) is 34.3 Å². The normalized spacial score (nSPS) is 29.7. The van der Waals surface area contributed by atoms with Gasteiger partial charge in [0.25, 0.3) is 0 Å². The maximum atomic E-state index is 12.8. The Morgan fingerprint density at radius 1 is 1.33 bits per heavy atom. The number of alkyl halides is 3. The van der Waals surface area contributed by atoms with Gasteiger partial charge < -0.3 is 5.32 Å². The second-order valence-electron chi connectivity index (χ2n) is 4.88. The molecule has 0 radical (unpaired) electrons. The summed E-state index contributed by atoms with van der Waals surface area (Å²) >= 11 is 5.61. The van der Waals surface area contributed by atoms with E-state index in [1.165, 1.54) is 12.1 Å². The van der Waals surface area contributed by atoms with Gasteiger partial charge >= 0.3 is 6.18 Å². The van der Waals surface area contributed by atoms with E-state index in [9.17, 15) is 13.2 Å². The van der Waals surface area contributed by atoms with Gasteiger partial charge in [0.2, 0.25) is 0 Å². The molecule has 0 unspecified atom stereocenters. The largest absolute Gasteiger partial charge is 0.417 e. The van der Waals surface area contributed by atoms with E-state index < -0.39 is 11.7 Å². The molecular weight excluding hydrogens is 286 g/mol. The molecule has 1 saturated carbocycles. The van der Waals surface area contributed by atoms with Gasteiger partial charge in [-0.25, -0.2) is 0 Å². The Kier molecular flexibility index (Phi) is 3.33. The molecule has 1 aliphatic heterocycles. The molecule has 2 atom stereocenters. The predicted octanol–water partition coefficient (Wildman–Crippen LogP) is 3.64. The number of benzene rings is 1. The van der Waals surface area contributed by atoms with Gasteiger partial charge in [-0.05, 0) is 36.6 Å². The Labute approximate surface area is 114 Å². The van der Waals surface area contributed by atoms with Crippen molar-refractivity contribution in [3.8, 4) is 0 Å². The van der Waals surface area contributed by atoms with Crippen LogP contribution in [0.1, 0.15) is 17.5 Å². The highest BCUT2D eigenvalue weighted by Crippen LogP contribution is 2.57. The molecular formula is C12H12Cl2F3N. The number of piperidine rings is 1. The summed E-state index contributed by atoms with van der Waals surface area (Å²) in [5.74, 6) is 0.491. The van der Waals surface area contributed by atoms with Crippen LogP contribution >= 0.6 is 24.0 Å². The van der Waals surface area contributed by atoms with Crippen LogP contribution in [0, 0.1) is 5.92 Å². The van der Waals surface area contributed by atoms with Gasteiger partial charge in [-0.15, -0.1) is 12.4 Å². The Morgan fingerprint density at radius 2 is 2.06 bits per heavy atom. The molecule has 18 heavy (non-hydrogen) atoms. The Bertz CT molecular complexity index is 475. The zero-order valence-electron chi connectivity index (χ0n) is 9.35. The van der Waals surface area contributed by atoms with Crippen molar-refractivity contribution < 1.29 is 13.2 Å². The quantitative estimate of drug-likeness (QED) is 0.834. The summed E-state index contributed by atoms with van der Waals surface area (Å²) in [4.78, 5) is 0. The van der Waals surface area contributed by atoms with E-state index >= 15 is 0 Å². The lowest BCUT2D eigenvalue weighted by molar-refractivity contribution is -0.137. The van der Waals surface area contributed by atoms with Gasteiger partial charge in [-0.3, -0.25) is 0 Å². The molecule has 1 nitrogen and oxygen atoms in total. The number of nitrogens with one attached hydrogen (secondary N) is 1. The lowest BCUT2D eigenvalue weighted by atomic mass is 9.93. The molecule has 1 saturated heterocycles. The van der Waals surface area contributed by atoms with Crippen LogP contribution in [0.15, 0.2) is 18.2 Å². The van der Waals surface area contributed by atoms with E-state index in [4.69, 9.17) is 11.6 Å². The maximum Gasteiger partial charge on any atom is 0.417 e. The third-order valence-electron chi connectivity index (χ3n) is 3.91. The average molecular weight is 298 g/mol. The standard InChI is InChI=1S/C12H11ClF3N.ClH/c13-10-2-1-7(3-9(10)12(14,15)16)11-4-8(11)5-17-6-11;/h1-3,8,17H,4-6H2;1H/t8-,11+;/m0./s1. The Morgan fingerprint density at radius 3 is 2.56 bits per heavy atom. The third-order valence-corrected chi connectivity index (χ3v) is 4.24. The summed E-state index contributed by atoms with van der Waals surface area (Å²) in [5, 5.41) is 3.00. The fourth-order valence-electron chi connectivity index (χ4n) is 2.84. The highest BCUT2D eigenvalue weighted by Gasteiger charge is 2.58. The highest BCUT2D eigenvalue weighted by molar-refractivity contribution is 6.31. The topological polar surface area (TPSA) is 12.0 Å². The number of rotatable bonds is 1. The van der Waals surface area contributed by atoms with Crippen molar-refractivity contribution in [2.75, 3.05) is 13.1 Å². The van der Waals surface area contributed by atoms with Gasteiger partial charge in [0.05, 0.1) is 10.6 Å². The lowest BCUT2D eigenvalue weighted by Crippen LogP contribution is -2.20. The minimum absolute atomic E-state index is 0. The van der Waals surface area contributed by atoms with Gasteiger partial charge in [0.15, 0.2) is 0 Å². The number of hydrogen-bond donors (Lipinski definition) is 1. The second-order valence-corrected chi connectivity index (χ2v) is 5.29. The van der Waals surface area contributed by atoms with E-state index in [-0.39, 0.29) is 22.8 Å². The first-order chi connectivity index (χ1) is 7.93. The summed E-state index contributed by atoms with van der Waals surface area (Å²) in [6.07, 6.45) is -3.39. The monoisotopic (exact) mass is 297 g/mol. The first-order valence-electron chi connectivity index (χ1n) is 5.51. The van der Waals surface area contributed by atoms with Crippen LogP contribution in [0.5, 0.6) is 0 Å². The van der Waals surface area contributed by atoms with E-state index in [0.29, 0.717) is 5.92 Å². The molecule has 2 aliphatic rings. The average Bonchev–Trinajstić information content (AvgIpc) is 2.80. The zero-order chi connectivity index (χ0) is 12.3. The summed E-state index contributed by atoms with van der Waals surface area (Å²) < 4.78 is 38.3. The molecule has 3 rings (SSSR count). The molecule has 1 aromatic rings. The van der Waals surface area contributed by atoms with Crippen LogP contribution in [0.3, 0.4) is 0 Å². The van der Waals surface area contributed by atoms with E-state index in [0.717, 1.165) is 25.1 Å². The van der Waals surface area contributed by atoms with Crippen molar-refractivity contribution in [2.24, 2.45) is 5.92 Å². The van der Waals surface area contributed by atoms with Crippen LogP contribution in [0.2, 0.25) is 5.02 Å². The predicted molar refractivity (Wildman–Crippen MR) is 66.4 cm³/mol. The van der Waals surface area contributed by atoms with Gasteiger partial charge in [0, 0.05) is 12.0 Å². The molecule has 0 bridgehead atoms. The molecule has 6 heteroatoms. The molecule has 0 amide bonds. The maximum absolute atomic E-state index is 12.8. The molecule has 2 fully saturated rings. The molecule has 1 heterocycles. The van der Waals surface area contributed by atoms with E-state index in [1.54, 1.807) is 6.07 Å². The van der Waals surface area contributed by atoms with Crippen molar-refractivity contribution in [1.82, 2.24) is 5.32 Å². The molecule has 100 valence electrons. The number of hydrogen-bond acceptors (Lipinski definition) is 1. The summed E-state index contributed by atoms with van der Waals surface area (Å²) in [6, 6.07) is 4.31. The first kappa shape index (κ1) is 14.0. The fraction of sp³-hybridized carbons (Fsp3) is 0.500. The van der Waals surface area contributed by atoms with Crippen molar-refractivity contribution in [3.63, 3.8) is 0 Å². The molecule has 1 N–H and O–H groups in total. The van der Waals surface area contributed by atoms with Crippen LogP contribution in [0.4, 0.5) is 13.2 Å². The molecule has 0 aromatic heterocycles. The van der Waals surface area contributed by atoms with Crippen molar-refractivity contribution in [1.29, 1.82) is 0 Å². The molecule has 0 spiro atoms. The van der Waals surface area contributed by atoms with Gasteiger partial charge in [0.1, 0.15) is 0 Å².